The minimum Gasteiger partial charge on any atom is -0.325 e. The maximum absolute atomic E-state index is 12.6. The molecule has 0 saturated carbocycles. The predicted octanol–water partition coefficient (Wildman–Crippen LogP) is 4.03. The van der Waals surface area contributed by atoms with Crippen LogP contribution in [0.5, 0.6) is 0 Å². The number of fused-ring (bicyclic) bond motifs is 1. The average Bonchev–Trinajstić information content (AvgIpc) is 2.66. The fourth-order valence-corrected chi connectivity index (χ4v) is 3.55. The van der Waals surface area contributed by atoms with Crippen molar-refractivity contribution < 1.29 is 0 Å². The molecule has 0 spiro atoms. The average molecular weight is 381 g/mol. The molecule has 1 aromatic heterocycles. The highest BCUT2D eigenvalue weighted by atomic mass is 35.5. The van der Waals surface area contributed by atoms with Crippen LogP contribution >= 0.6 is 11.6 Å². The van der Waals surface area contributed by atoms with Crippen LogP contribution in [0.25, 0.3) is 0 Å². The molecule has 0 aliphatic carbocycles. The normalized spacial score (nSPS) is 14.0. The van der Waals surface area contributed by atoms with Crippen LogP contribution < -0.4 is 10.9 Å². The van der Waals surface area contributed by atoms with Gasteiger partial charge in [-0.3, -0.25) is 14.7 Å². The third kappa shape index (κ3) is 4.04. The minimum absolute atomic E-state index is 0.0834. The third-order valence-electron chi connectivity index (χ3n) is 4.85. The molecule has 1 aliphatic heterocycles. The van der Waals surface area contributed by atoms with Crippen molar-refractivity contribution in [3.05, 3.63) is 86.3 Å². The Kier molecular flexibility index (Phi) is 4.97. The van der Waals surface area contributed by atoms with Gasteiger partial charge in [-0.05, 0) is 30.2 Å². The van der Waals surface area contributed by atoms with Gasteiger partial charge in [0.1, 0.15) is 0 Å². The van der Waals surface area contributed by atoms with Crippen LogP contribution in [0.2, 0.25) is 5.02 Å². The Labute approximate surface area is 163 Å². The number of aromatic amines is 1. The van der Waals surface area contributed by atoms with Crippen LogP contribution in [0.3, 0.4) is 0 Å². The summed E-state index contributed by atoms with van der Waals surface area (Å²) in [4.78, 5) is 22.4. The van der Waals surface area contributed by atoms with Gasteiger partial charge in [-0.15, -0.1) is 0 Å². The monoisotopic (exact) mass is 380 g/mol. The van der Waals surface area contributed by atoms with Gasteiger partial charge in [0.2, 0.25) is 5.95 Å². The molecule has 3 aromatic rings. The van der Waals surface area contributed by atoms with E-state index in [0.29, 0.717) is 17.5 Å². The summed E-state index contributed by atoms with van der Waals surface area (Å²) in [6.07, 6.45) is 0.759. The first-order valence-electron chi connectivity index (χ1n) is 9.00. The van der Waals surface area contributed by atoms with E-state index in [1.54, 1.807) is 0 Å². The summed E-state index contributed by atoms with van der Waals surface area (Å²) in [5.41, 5.74) is 4.66. The molecule has 0 fully saturated rings. The molecule has 0 radical (unpaired) electrons. The summed E-state index contributed by atoms with van der Waals surface area (Å²) in [7, 11) is 0. The first kappa shape index (κ1) is 17.8. The molecule has 27 heavy (non-hydrogen) atoms. The molecule has 1 aliphatic rings. The van der Waals surface area contributed by atoms with Crippen molar-refractivity contribution in [1.29, 1.82) is 0 Å². The molecule has 0 saturated heterocycles. The Hall–Kier alpha value is -2.63. The van der Waals surface area contributed by atoms with E-state index >= 15 is 0 Å². The molecule has 6 heteroatoms. The zero-order valence-electron chi connectivity index (χ0n) is 15.1. The van der Waals surface area contributed by atoms with Gasteiger partial charge in [-0.25, -0.2) is 4.98 Å². The molecule has 2 aromatic carbocycles. The standard InChI is InChI=1S/C21H21ClN4O/c1-14-7-8-16(22)11-19(14)24-21-23-18-9-10-26(13-17(18)20(27)25-21)12-15-5-3-2-4-6-15/h2-8,11H,9-10,12-13H2,1H3,(H2,23,24,25,27). The highest BCUT2D eigenvalue weighted by Gasteiger charge is 2.21. The van der Waals surface area contributed by atoms with Crippen molar-refractivity contribution in [2.24, 2.45) is 0 Å². The first-order valence-corrected chi connectivity index (χ1v) is 9.38. The number of aromatic nitrogens is 2. The van der Waals surface area contributed by atoms with Gasteiger partial charge in [0.15, 0.2) is 0 Å². The number of halogens is 1. The lowest BCUT2D eigenvalue weighted by Gasteiger charge is -2.27. The molecule has 0 amide bonds. The fourth-order valence-electron chi connectivity index (χ4n) is 3.37. The molecule has 138 valence electrons. The second kappa shape index (κ2) is 7.55. The fraction of sp³-hybridized carbons (Fsp3) is 0.238. The highest BCUT2D eigenvalue weighted by molar-refractivity contribution is 6.30. The molecular formula is C21H21ClN4O. The number of aryl methyl sites for hydroxylation is 1. The van der Waals surface area contributed by atoms with Crippen molar-refractivity contribution in [3.63, 3.8) is 0 Å². The zero-order valence-corrected chi connectivity index (χ0v) is 15.9. The van der Waals surface area contributed by atoms with Gasteiger partial charge >= 0.3 is 0 Å². The van der Waals surface area contributed by atoms with E-state index in [1.807, 2.05) is 43.3 Å². The molecular weight excluding hydrogens is 360 g/mol. The maximum atomic E-state index is 12.6. The summed E-state index contributed by atoms with van der Waals surface area (Å²) < 4.78 is 0. The Morgan fingerprint density at radius 1 is 1.22 bits per heavy atom. The number of H-pyrrole nitrogens is 1. The molecule has 4 rings (SSSR count). The molecule has 2 N–H and O–H groups in total. The van der Waals surface area contributed by atoms with Gasteiger partial charge in [-0.1, -0.05) is 48.0 Å². The summed E-state index contributed by atoms with van der Waals surface area (Å²) in [5.74, 6) is 0.459. The first-order chi connectivity index (χ1) is 13.1. The van der Waals surface area contributed by atoms with Gasteiger partial charge < -0.3 is 5.32 Å². The zero-order chi connectivity index (χ0) is 18.8. The second-order valence-electron chi connectivity index (χ2n) is 6.87. The molecule has 0 atom stereocenters. The number of nitrogens with zero attached hydrogens (tertiary/aromatic N) is 2. The van der Waals surface area contributed by atoms with Gasteiger partial charge in [0.05, 0.1) is 11.3 Å². The smallest absolute Gasteiger partial charge is 0.257 e. The van der Waals surface area contributed by atoms with Gasteiger partial charge in [-0.2, -0.15) is 0 Å². The van der Waals surface area contributed by atoms with Crippen LogP contribution in [0, 0.1) is 6.92 Å². The summed E-state index contributed by atoms with van der Waals surface area (Å²) in [5, 5.41) is 3.83. The van der Waals surface area contributed by atoms with Crippen LogP contribution in [-0.4, -0.2) is 21.4 Å². The lowest BCUT2D eigenvalue weighted by molar-refractivity contribution is 0.242. The van der Waals surface area contributed by atoms with Gasteiger partial charge in [0, 0.05) is 36.8 Å². The van der Waals surface area contributed by atoms with Crippen LogP contribution in [0.4, 0.5) is 11.6 Å². The van der Waals surface area contributed by atoms with Gasteiger partial charge in [0.25, 0.3) is 5.56 Å². The molecule has 0 bridgehead atoms. The third-order valence-corrected chi connectivity index (χ3v) is 5.08. The highest BCUT2D eigenvalue weighted by Crippen LogP contribution is 2.23. The second-order valence-corrected chi connectivity index (χ2v) is 7.31. The number of hydrogen-bond donors (Lipinski definition) is 2. The van der Waals surface area contributed by atoms with Crippen molar-refractivity contribution in [2.75, 3.05) is 11.9 Å². The van der Waals surface area contributed by atoms with E-state index < -0.39 is 0 Å². The number of hydrogen-bond acceptors (Lipinski definition) is 4. The van der Waals surface area contributed by atoms with E-state index in [0.717, 1.165) is 42.0 Å². The Balaban J connectivity index is 1.54. The Bertz CT molecular complexity index is 1020. The SMILES string of the molecule is Cc1ccc(Cl)cc1Nc1nc2c(c(=O)[nH]1)CN(Cc1ccccc1)CC2. The van der Waals surface area contributed by atoms with E-state index in [2.05, 4.69) is 32.3 Å². The quantitative estimate of drug-likeness (QED) is 0.717. The minimum atomic E-state index is -0.0834. The predicted molar refractivity (Wildman–Crippen MR) is 109 cm³/mol. The molecule has 2 heterocycles. The molecule has 5 nitrogen and oxygen atoms in total. The van der Waals surface area contributed by atoms with Crippen LogP contribution in [-0.2, 0) is 19.5 Å². The van der Waals surface area contributed by atoms with Crippen molar-refractivity contribution in [1.82, 2.24) is 14.9 Å². The number of rotatable bonds is 4. The number of benzene rings is 2. The lowest BCUT2D eigenvalue weighted by Crippen LogP contribution is -2.35. The summed E-state index contributed by atoms with van der Waals surface area (Å²) in [6, 6.07) is 15.9. The maximum Gasteiger partial charge on any atom is 0.257 e. The summed E-state index contributed by atoms with van der Waals surface area (Å²) in [6.45, 7) is 4.31. The Morgan fingerprint density at radius 3 is 2.85 bits per heavy atom. The van der Waals surface area contributed by atoms with E-state index in [9.17, 15) is 4.79 Å². The largest absolute Gasteiger partial charge is 0.325 e. The topological polar surface area (TPSA) is 61.0 Å². The van der Waals surface area contributed by atoms with Crippen LogP contribution in [0.15, 0.2) is 53.3 Å². The number of nitrogens with one attached hydrogen (secondary N) is 2. The molecule has 0 unspecified atom stereocenters. The Morgan fingerprint density at radius 2 is 2.04 bits per heavy atom. The number of anilines is 2. The lowest BCUT2D eigenvalue weighted by atomic mass is 10.1. The van der Waals surface area contributed by atoms with Crippen molar-refractivity contribution in [2.45, 2.75) is 26.4 Å². The van der Waals surface area contributed by atoms with E-state index in [1.165, 1.54) is 5.56 Å². The van der Waals surface area contributed by atoms with Crippen molar-refractivity contribution in [3.8, 4) is 0 Å². The van der Waals surface area contributed by atoms with E-state index in [-0.39, 0.29) is 5.56 Å². The summed E-state index contributed by atoms with van der Waals surface area (Å²) >= 11 is 6.07. The van der Waals surface area contributed by atoms with Crippen LogP contribution in [0.1, 0.15) is 22.4 Å². The van der Waals surface area contributed by atoms with Crippen molar-refractivity contribution >= 4 is 23.2 Å². The van der Waals surface area contributed by atoms with E-state index in [4.69, 9.17) is 11.6 Å².